The fourth-order valence-electron chi connectivity index (χ4n) is 2.76. The van der Waals surface area contributed by atoms with Crippen LogP contribution in [0.1, 0.15) is 41.8 Å². The number of aliphatic hydroxyl groups is 1. The molecule has 6 heteroatoms. The van der Waals surface area contributed by atoms with Crippen molar-refractivity contribution in [1.29, 1.82) is 0 Å². The second-order valence-corrected chi connectivity index (χ2v) is 6.18. The third-order valence-electron chi connectivity index (χ3n) is 3.80. The van der Waals surface area contributed by atoms with E-state index < -0.39 is 0 Å². The van der Waals surface area contributed by atoms with E-state index >= 15 is 0 Å². The van der Waals surface area contributed by atoms with Gasteiger partial charge in [0.2, 0.25) is 5.91 Å². The van der Waals surface area contributed by atoms with Crippen LogP contribution >= 0.6 is 11.3 Å². The predicted octanol–water partition coefficient (Wildman–Crippen LogP) is 1.63. The van der Waals surface area contributed by atoms with Crippen molar-refractivity contribution >= 4 is 23.2 Å². The second kappa shape index (κ2) is 8.14. The summed E-state index contributed by atoms with van der Waals surface area (Å²) < 4.78 is 0. The molecule has 2 rings (SSSR count). The maximum Gasteiger partial charge on any atom is 0.261 e. The van der Waals surface area contributed by atoms with Gasteiger partial charge in [-0.05, 0) is 24.3 Å². The number of amides is 2. The Morgan fingerprint density at radius 3 is 2.76 bits per heavy atom. The van der Waals surface area contributed by atoms with Crippen molar-refractivity contribution in [3.63, 3.8) is 0 Å². The molecule has 1 aliphatic carbocycles. The number of aliphatic hydroxyl groups excluding tert-OH is 1. The first kappa shape index (κ1) is 16.0. The summed E-state index contributed by atoms with van der Waals surface area (Å²) in [6.45, 7) is 0.719. The summed E-state index contributed by atoms with van der Waals surface area (Å²) >= 11 is 1.38. The molecule has 1 aromatic rings. The van der Waals surface area contributed by atoms with E-state index in [1.165, 1.54) is 11.3 Å². The fraction of sp³-hybridized carbons (Fsp3) is 0.600. The van der Waals surface area contributed by atoms with E-state index in [4.69, 9.17) is 5.11 Å². The van der Waals surface area contributed by atoms with Gasteiger partial charge in [-0.1, -0.05) is 18.9 Å². The molecule has 0 bridgehead atoms. The van der Waals surface area contributed by atoms with Crippen molar-refractivity contribution in [1.82, 2.24) is 10.2 Å². The van der Waals surface area contributed by atoms with Gasteiger partial charge in [-0.25, -0.2) is 0 Å². The first-order valence-electron chi connectivity index (χ1n) is 7.44. The Balaban J connectivity index is 1.77. The van der Waals surface area contributed by atoms with E-state index in [9.17, 15) is 9.59 Å². The molecule has 0 aromatic carbocycles. The average Bonchev–Trinajstić information content (AvgIpc) is 3.17. The molecule has 2 N–H and O–H groups in total. The van der Waals surface area contributed by atoms with E-state index in [0.29, 0.717) is 18.0 Å². The minimum Gasteiger partial charge on any atom is -0.395 e. The molecule has 1 saturated carbocycles. The van der Waals surface area contributed by atoms with Crippen molar-refractivity contribution in [2.75, 3.05) is 19.7 Å². The summed E-state index contributed by atoms with van der Waals surface area (Å²) in [7, 11) is 0. The quantitative estimate of drug-likeness (QED) is 0.804. The topological polar surface area (TPSA) is 69.6 Å². The zero-order valence-electron chi connectivity index (χ0n) is 12.1. The number of hydrogen-bond acceptors (Lipinski definition) is 4. The van der Waals surface area contributed by atoms with Gasteiger partial charge < -0.3 is 15.3 Å². The minimum atomic E-state index is -0.132. The van der Waals surface area contributed by atoms with Crippen LogP contribution in [0, 0.1) is 0 Å². The number of nitrogens with zero attached hydrogens (tertiary/aromatic N) is 1. The van der Waals surface area contributed by atoms with Crippen LogP contribution in [0.15, 0.2) is 17.5 Å². The van der Waals surface area contributed by atoms with Crippen LogP contribution in [-0.4, -0.2) is 47.6 Å². The Morgan fingerprint density at radius 1 is 1.38 bits per heavy atom. The molecule has 21 heavy (non-hydrogen) atoms. The Kier molecular flexibility index (Phi) is 6.20. The van der Waals surface area contributed by atoms with Crippen LogP contribution in [0.3, 0.4) is 0 Å². The van der Waals surface area contributed by atoms with E-state index in [2.05, 4.69) is 5.32 Å². The summed E-state index contributed by atoms with van der Waals surface area (Å²) in [5.41, 5.74) is 0. The number of carbonyl (C=O) groups is 2. The molecule has 0 atom stereocenters. The monoisotopic (exact) mass is 310 g/mol. The largest absolute Gasteiger partial charge is 0.395 e. The lowest BCUT2D eigenvalue weighted by molar-refractivity contribution is -0.133. The van der Waals surface area contributed by atoms with Crippen LogP contribution in [0.2, 0.25) is 0 Å². The third-order valence-corrected chi connectivity index (χ3v) is 4.66. The lowest BCUT2D eigenvalue weighted by atomic mass is 10.2. The lowest BCUT2D eigenvalue weighted by Crippen LogP contribution is -2.42. The van der Waals surface area contributed by atoms with Gasteiger partial charge in [-0.15, -0.1) is 11.3 Å². The predicted molar refractivity (Wildman–Crippen MR) is 82.3 cm³/mol. The highest BCUT2D eigenvalue weighted by atomic mass is 32.1. The van der Waals surface area contributed by atoms with Gasteiger partial charge >= 0.3 is 0 Å². The maximum absolute atomic E-state index is 12.3. The van der Waals surface area contributed by atoms with Crippen molar-refractivity contribution in [2.24, 2.45) is 0 Å². The van der Waals surface area contributed by atoms with Crippen LogP contribution in [0.25, 0.3) is 0 Å². The number of hydrogen-bond donors (Lipinski definition) is 2. The molecule has 0 radical (unpaired) electrons. The molecular formula is C15H22N2O3S. The number of nitrogens with one attached hydrogen (secondary N) is 1. The molecule has 1 aromatic heterocycles. The van der Waals surface area contributed by atoms with Gasteiger partial charge in [0.15, 0.2) is 0 Å². The third kappa shape index (κ3) is 4.54. The molecule has 2 amide bonds. The van der Waals surface area contributed by atoms with Gasteiger partial charge in [-0.2, -0.15) is 0 Å². The summed E-state index contributed by atoms with van der Waals surface area (Å²) in [4.78, 5) is 26.5. The summed E-state index contributed by atoms with van der Waals surface area (Å²) in [6.07, 6.45) is 4.62. The molecule has 0 aliphatic heterocycles. The Bertz CT molecular complexity index is 455. The normalized spacial score (nSPS) is 15.1. The van der Waals surface area contributed by atoms with Crippen molar-refractivity contribution in [3.05, 3.63) is 22.4 Å². The van der Waals surface area contributed by atoms with E-state index in [1.54, 1.807) is 11.0 Å². The standard InChI is InChI=1S/C15H22N2O3S/c18-10-9-17(12-4-1-2-5-12)14(19)7-8-16-15(20)13-6-3-11-21-13/h3,6,11-12,18H,1-2,4-5,7-10H2,(H,16,20). The zero-order chi connectivity index (χ0) is 15.1. The van der Waals surface area contributed by atoms with E-state index in [0.717, 1.165) is 25.7 Å². The molecule has 1 aliphatic rings. The molecule has 0 unspecified atom stereocenters. The Labute approximate surface area is 129 Å². The van der Waals surface area contributed by atoms with Crippen molar-refractivity contribution < 1.29 is 14.7 Å². The molecule has 1 heterocycles. The highest BCUT2D eigenvalue weighted by Crippen LogP contribution is 2.23. The average molecular weight is 310 g/mol. The van der Waals surface area contributed by atoms with Gasteiger partial charge in [0.1, 0.15) is 0 Å². The van der Waals surface area contributed by atoms with Crippen LogP contribution < -0.4 is 5.32 Å². The molecule has 116 valence electrons. The molecule has 0 saturated heterocycles. The molecule has 0 spiro atoms. The first-order valence-corrected chi connectivity index (χ1v) is 8.32. The summed E-state index contributed by atoms with van der Waals surface area (Å²) in [5, 5.41) is 13.7. The zero-order valence-corrected chi connectivity index (χ0v) is 12.9. The highest BCUT2D eigenvalue weighted by Gasteiger charge is 2.25. The van der Waals surface area contributed by atoms with E-state index in [1.807, 2.05) is 11.4 Å². The highest BCUT2D eigenvalue weighted by molar-refractivity contribution is 7.12. The van der Waals surface area contributed by atoms with Crippen molar-refractivity contribution in [2.45, 2.75) is 38.1 Å². The summed E-state index contributed by atoms with van der Waals surface area (Å²) in [6, 6.07) is 3.85. The summed E-state index contributed by atoms with van der Waals surface area (Å²) in [5.74, 6) is -0.116. The molecule has 5 nitrogen and oxygen atoms in total. The van der Waals surface area contributed by atoms with Gasteiger partial charge in [-0.3, -0.25) is 9.59 Å². The maximum atomic E-state index is 12.3. The molecular weight excluding hydrogens is 288 g/mol. The lowest BCUT2D eigenvalue weighted by Gasteiger charge is -2.28. The molecule has 1 fully saturated rings. The number of thiophene rings is 1. The first-order chi connectivity index (χ1) is 10.2. The van der Waals surface area contributed by atoms with Crippen LogP contribution in [-0.2, 0) is 4.79 Å². The smallest absolute Gasteiger partial charge is 0.261 e. The Hall–Kier alpha value is -1.40. The van der Waals surface area contributed by atoms with Gasteiger partial charge in [0.05, 0.1) is 11.5 Å². The van der Waals surface area contributed by atoms with Crippen LogP contribution in [0.5, 0.6) is 0 Å². The van der Waals surface area contributed by atoms with Crippen molar-refractivity contribution in [3.8, 4) is 0 Å². The van der Waals surface area contributed by atoms with Gasteiger partial charge in [0.25, 0.3) is 5.91 Å². The second-order valence-electron chi connectivity index (χ2n) is 5.23. The van der Waals surface area contributed by atoms with Gasteiger partial charge in [0, 0.05) is 25.6 Å². The van der Waals surface area contributed by atoms with E-state index in [-0.39, 0.29) is 30.9 Å². The minimum absolute atomic E-state index is 0.0101. The SMILES string of the molecule is O=C(NCCC(=O)N(CCO)C1CCCC1)c1cccs1. The Morgan fingerprint density at radius 2 is 2.14 bits per heavy atom. The number of rotatable bonds is 7. The fourth-order valence-corrected chi connectivity index (χ4v) is 3.40. The van der Waals surface area contributed by atoms with Crippen LogP contribution in [0.4, 0.5) is 0 Å². The number of carbonyl (C=O) groups excluding carboxylic acids is 2.